The number of primary amides is 1. The summed E-state index contributed by atoms with van der Waals surface area (Å²) < 4.78 is 3.68. The van der Waals surface area contributed by atoms with Crippen LogP contribution in [0.4, 0.5) is 4.79 Å². The average molecular weight is 132 g/mol. The fourth-order valence-corrected chi connectivity index (χ4v) is 0.409. The first-order valence-electron chi connectivity index (χ1n) is 2.10. The average Bonchev–Trinajstić information content (AvgIpc) is 1.61. The molecule has 0 heterocycles. The zero-order valence-corrected chi connectivity index (χ0v) is 5.66. The molecule has 46 valence electrons. The van der Waals surface area contributed by atoms with E-state index in [4.69, 9.17) is 5.73 Å². The summed E-state index contributed by atoms with van der Waals surface area (Å²) in [6.45, 7) is 3.60. The van der Waals surface area contributed by atoms with Crippen LogP contribution in [0.25, 0.3) is 0 Å². The first-order valence-corrected chi connectivity index (χ1v) is 2.88. The van der Waals surface area contributed by atoms with Crippen LogP contribution in [0.3, 0.4) is 0 Å². The molecule has 0 fully saturated rings. The third-order valence-corrected chi connectivity index (χ3v) is 0.955. The minimum absolute atomic E-state index is 0.466. The van der Waals surface area contributed by atoms with Crippen molar-refractivity contribution in [3.63, 3.8) is 0 Å². The minimum Gasteiger partial charge on any atom is -0.359 e. The molecular formula is C4H8N2OS. The van der Waals surface area contributed by atoms with Crippen LogP contribution in [-0.4, -0.2) is 11.0 Å². The highest BCUT2D eigenvalue weighted by Gasteiger charge is 1.88. The number of hydrogen-bond donors (Lipinski definition) is 1. The molecule has 2 N–H and O–H groups in total. The van der Waals surface area contributed by atoms with Crippen molar-refractivity contribution >= 4 is 22.9 Å². The zero-order valence-electron chi connectivity index (χ0n) is 4.84. The lowest BCUT2D eigenvalue weighted by Crippen LogP contribution is -2.00. The second-order valence-corrected chi connectivity index (χ2v) is 2.22. The van der Waals surface area contributed by atoms with Crippen LogP contribution in [-0.2, 0) is 0 Å². The number of carbonyl (C=O) groups excluding carboxylic acids is 1. The van der Waals surface area contributed by atoms with Gasteiger partial charge in [-0.15, -0.1) is 0 Å². The van der Waals surface area contributed by atoms with E-state index < -0.39 is 5.24 Å². The molecule has 0 aromatic heterocycles. The molecule has 0 saturated heterocycles. The first kappa shape index (κ1) is 7.49. The van der Waals surface area contributed by atoms with Gasteiger partial charge in [-0.2, -0.15) is 0 Å². The second kappa shape index (κ2) is 3.49. The van der Waals surface area contributed by atoms with E-state index in [1.807, 2.05) is 0 Å². The van der Waals surface area contributed by atoms with Crippen LogP contribution < -0.4 is 5.73 Å². The maximum Gasteiger partial charge on any atom is 0.298 e. The Kier molecular flexibility index (Phi) is 3.26. The summed E-state index contributed by atoms with van der Waals surface area (Å²) in [7, 11) is 0. The summed E-state index contributed by atoms with van der Waals surface area (Å²) in [6.07, 6.45) is 0. The number of nitrogens with zero attached hydrogens (tertiary/aromatic N) is 1. The molecule has 0 aliphatic heterocycles. The molecule has 1 amide bonds. The van der Waals surface area contributed by atoms with Crippen LogP contribution >= 0.6 is 11.9 Å². The normalized spacial score (nSPS) is 8.25. The maximum absolute atomic E-state index is 9.98. The minimum atomic E-state index is -0.466. The molecule has 8 heavy (non-hydrogen) atoms. The molecule has 0 aromatic rings. The van der Waals surface area contributed by atoms with Gasteiger partial charge in [-0.05, 0) is 13.8 Å². The fourth-order valence-electron chi connectivity index (χ4n) is 0.136. The van der Waals surface area contributed by atoms with Crippen molar-refractivity contribution in [1.82, 2.24) is 0 Å². The van der Waals surface area contributed by atoms with Crippen molar-refractivity contribution < 1.29 is 4.79 Å². The van der Waals surface area contributed by atoms with Gasteiger partial charge >= 0.3 is 0 Å². The van der Waals surface area contributed by atoms with Gasteiger partial charge in [0.25, 0.3) is 5.24 Å². The van der Waals surface area contributed by atoms with Gasteiger partial charge in [0.1, 0.15) is 0 Å². The van der Waals surface area contributed by atoms with Crippen molar-refractivity contribution in [2.45, 2.75) is 13.8 Å². The molecule has 0 bridgehead atoms. The van der Waals surface area contributed by atoms with Crippen molar-refractivity contribution in [2.75, 3.05) is 0 Å². The molecular weight excluding hydrogens is 124 g/mol. The lowest BCUT2D eigenvalue weighted by molar-refractivity contribution is 0.267. The Balaban J connectivity index is 3.45. The largest absolute Gasteiger partial charge is 0.359 e. The predicted octanol–water partition coefficient (Wildman–Crippen LogP) is 1.19. The van der Waals surface area contributed by atoms with E-state index in [0.29, 0.717) is 0 Å². The van der Waals surface area contributed by atoms with E-state index in [9.17, 15) is 4.79 Å². The van der Waals surface area contributed by atoms with E-state index >= 15 is 0 Å². The Morgan fingerprint density at radius 1 is 1.62 bits per heavy atom. The van der Waals surface area contributed by atoms with Gasteiger partial charge in [0.15, 0.2) is 0 Å². The first-order chi connectivity index (χ1) is 3.63. The molecule has 0 unspecified atom stereocenters. The number of nitrogens with two attached hydrogens (primary N) is 1. The summed E-state index contributed by atoms with van der Waals surface area (Å²) in [5.74, 6) is 0. The number of hydrogen-bond acceptors (Lipinski definition) is 3. The van der Waals surface area contributed by atoms with Crippen molar-refractivity contribution in [3.8, 4) is 0 Å². The molecule has 0 spiro atoms. The van der Waals surface area contributed by atoms with E-state index in [1.54, 1.807) is 13.8 Å². The van der Waals surface area contributed by atoms with E-state index in [0.717, 1.165) is 17.7 Å². The molecule has 3 nitrogen and oxygen atoms in total. The third-order valence-electron chi connectivity index (χ3n) is 0.318. The Hall–Kier alpha value is -0.510. The van der Waals surface area contributed by atoms with Gasteiger partial charge in [0.05, 0.1) is 11.9 Å². The summed E-state index contributed by atoms with van der Waals surface area (Å²) in [5.41, 5.74) is 5.60. The molecule has 0 aliphatic rings. The quantitative estimate of drug-likeness (QED) is 0.430. The van der Waals surface area contributed by atoms with Gasteiger partial charge in [-0.3, -0.25) is 4.79 Å². The maximum atomic E-state index is 9.98. The van der Waals surface area contributed by atoms with Gasteiger partial charge in [0, 0.05) is 5.71 Å². The smallest absolute Gasteiger partial charge is 0.298 e. The van der Waals surface area contributed by atoms with Crippen molar-refractivity contribution in [3.05, 3.63) is 0 Å². The highest BCUT2D eigenvalue weighted by molar-refractivity contribution is 8.12. The molecule has 0 rings (SSSR count). The molecule has 4 heteroatoms. The van der Waals surface area contributed by atoms with Crippen LogP contribution in [0.1, 0.15) is 13.8 Å². The lowest BCUT2D eigenvalue weighted by Gasteiger charge is -1.84. The molecule has 0 aromatic carbocycles. The van der Waals surface area contributed by atoms with Gasteiger partial charge in [-0.25, -0.2) is 4.40 Å². The SMILES string of the molecule is CC(C)=NSC(N)=O. The Labute approximate surface area is 52.5 Å². The van der Waals surface area contributed by atoms with Crippen LogP contribution in [0.15, 0.2) is 4.40 Å². The Morgan fingerprint density at radius 2 is 2.12 bits per heavy atom. The van der Waals surface area contributed by atoms with Crippen LogP contribution in [0.5, 0.6) is 0 Å². The number of carbonyl (C=O) groups is 1. The van der Waals surface area contributed by atoms with E-state index in [2.05, 4.69) is 4.40 Å². The van der Waals surface area contributed by atoms with Gasteiger partial charge < -0.3 is 5.73 Å². The van der Waals surface area contributed by atoms with Gasteiger partial charge in [0.2, 0.25) is 0 Å². The van der Waals surface area contributed by atoms with Crippen molar-refractivity contribution in [2.24, 2.45) is 10.1 Å². The highest BCUT2D eigenvalue weighted by Crippen LogP contribution is 1.99. The van der Waals surface area contributed by atoms with E-state index in [-0.39, 0.29) is 0 Å². The standard InChI is InChI=1S/C4H8N2OS/c1-3(2)6-8-4(5)7/h1-2H3,(H2,5,7). The van der Waals surface area contributed by atoms with Crippen LogP contribution in [0.2, 0.25) is 0 Å². The summed E-state index contributed by atoms with van der Waals surface area (Å²) in [5, 5.41) is -0.466. The molecule has 0 saturated carbocycles. The number of amides is 1. The lowest BCUT2D eigenvalue weighted by atomic mass is 10.5. The Bertz CT molecular complexity index is 117. The van der Waals surface area contributed by atoms with Crippen molar-refractivity contribution in [1.29, 1.82) is 0 Å². The van der Waals surface area contributed by atoms with Gasteiger partial charge in [-0.1, -0.05) is 0 Å². The highest BCUT2D eigenvalue weighted by atomic mass is 32.2. The molecule has 0 aliphatic carbocycles. The summed E-state index contributed by atoms with van der Waals surface area (Å²) >= 11 is 0.766. The van der Waals surface area contributed by atoms with Crippen LogP contribution in [0, 0.1) is 0 Å². The summed E-state index contributed by atoms with van der Waals surface area (Å²) in [4.78, 5) is 9.98. The second-order valence-electron chi connectivity index (χ2n) is 1.45. The summed E-state index contributed by atoms with van der Waals surface area (Å²) in [6, 6.07) is 0. The monoisotopic (exact) mass is 132 g/mol. The topological polar surface area (TPSA) is 55.4 Å². The fraction of sp³-hybridized carbons (Fsp3) is 0.500. The predicted molar refractivity (Wildman–Crippen MR) is 36.0 cm³/mol. The number of rotatable bonds is 1. The molecule has 0 radical (unpaired) electrons. The molecule has 0 atom stereocenters. The van der Waals surface area contributed by atoms with E-state index in [1.165, 1.54) is 0 Å². The zero-order chi connectivity index (χ0) is 6.57. The third kappa shape index (κ3) is 5.49. The Morgan fingerprint density at radius 3 is 2.25 bits per heavy atom.